The third-order valence-corrected chi connectivity index (χ3v) is 4.62. The fraction of sp³-hybridized carbons (Fsp3) is 0.400. The highest BCUT2D eigenvalue weighted by Gasteiger charge is 2.22. The van der Waals surface area contributed by atoms with Crippen molar-refractivity contribution in [2.45, 2.75) is 25.2 Å². The standard InChI is InChI=1S/C10H13Cl2NO2S/c1-3-6-13-16(14,15)10-8(11)5-4-7(2)9(10)12/h4-5,13H,3,6H2,1-2H3. The van der Waals surface area contributed by atoms with Crippen LogP contribution in [0.25, 0.3) is 0 Å². The van der Waals surface area contributed by atoms with Gasteiger partial charge in [-0.2, -0.15) is 0 Å². The van der Waals surface area contributed by atoms with Crippen molar-refractivity contribution < 1.29 is 8.42 Å². The minimum Gasteiger partial charge on any atom is -0.211 e. The van der Waals surface area contributed by atoms with Crippen molar-refractivity contribution in [1.29, 1.82) is 0 Å². The number of hydrogen-bond acceptors (Lipinski definition) is 2. The lowest BCUT2D eigenvalue weighted by molar-refractivity contribution is 0.581. The van der Waals surface area contributed by atoms with Crippen LogP contribution in [-0.4, -0.2) is 15.0 Å². The zero-order chi connectivity index (χ0) is 12.3. The second-order valence-corrected chi connectivity index (χ2v) is 5.89. The van der Waals surface area contributed by atoms with Gasteiger partial charge in [-0.15, -0.1) is 0 Å². The van der Waals surface area contributed by atoms with Crippen LogP contribution in [0.15, 0.2) is 17.0 Å². The van der Waals surface area contributed by atoms with Gasteiger partial charge in [0, 0.05) is 6.54 Å². The topological polar surface area (TPSA) is 46.2 Å². The zero-order valence-corrected chi connectivity index (χ0v) is 11.4. The van der Waals surface area contributed by atoms with Crippen molar-refractivity contribution in [3.8, 4) is 0 Å². The van der Waals surface area contributed by atoms with E-state index in [0.717, 1.165) is 0 Å². The Morgan fingerprint density at radius 3 is 2.50 bits per heavy atom. The van der Waals surface area contributed by atoms with E-state index < -0.39 is 10.0 Å². The molecule has 0 saturated carbocycles. The zero-order valence-electron chi connectivity index (χ0n) is 9.05. The fourth-order valence-electron chi connectivity index (χ4n) is 1.19. The Bertz CT molecular complexity index is 486. The van der Waals surface area contributed by atoms with Gasteiger partial charge in [0.15, 0.2) is 0 Å². The van der Waals surface area contributed by atoms with Crippen molar-refractivity contribution in [3.63, 3.8) is 0 Å². The summed E-state index contributed by atoms with van der Waals surface area (Å²) in [6.07, 6.45) is 0.709. The van der Waals surface area contributed by atoms with Gasteiger partial charge >= 0.3 is 0 Å². The van der Waals surface area contributed by atoms with Crippen LogP contribution in [0.5, 0.6) is 0 Å². The SMILES string of the molecule is CCCNS(=O)(=O)c1c(Cl)ccc(C)c1Cl. The summed E-state index contributed by atoms with van der Waals surface area (Å²) in [6, 6.07) is 3.22. The molecule has 0 aromatic heterocycles. The second-order valence-electron chi connectivity index (χ2n) is 3.41. The smallest absolute Gasteiger partial charge is 0.211 e. The third-order valence-electron chi connectivity index (χ3n) is 2.05. The summed E-state index contributed by atoms with van der Waals surface area (Å²) in [5, 5.41) is 0.315. The van der Waals surface area contributed by atoms with E-state index in [1.54, 1.807) is 13.0 Å². The molecule has 0 saturated heterocycles. The fourth-order valence-corrected chi connectivity index (χ4v) is 3.50. The van der Waals surface area contributed by atoms with Crippen LogP contribution in [0.4, 0.5) is 0 Å². The highest BCUT2D eigenvalue weighted by molar-refractivity contribution is 7.89. The van der Waals surface area contributed by atoms with Gasteiger partial charge in [-0.1, -0.05) is 36.2 Å². The van der Waals surface area contributed by atoms with E-state index in [-0.39, 0.29) is 14.9 Å². The van der Waals surface area contributed by atoms with Gasteiger partial charge < -0.3 is 0 Å². The van der Waals surface area contributed by atoms with Gasteiger partial charge in [-0.05, 0) is 25.0 Å². The van der Waals surface area contributed by atoms with Gasteiger partial charge in [0.2, 0.25) is 10.0 Å². The summed E-state index contributed by atoms with van der Waals surface area (Å²) >= 11 is 11.8. The number of sulfonamides is 1. The van der Waals surface area contributed by atoms with Crippen molar-refractivity contribution in [2.24, 2.45) is 0 Å². The number of hydrogen-bond donors (Lipinski definition) is 1. The average molecular weight is 282 g/mol. The quantitative estimate of drug-likeness (QED) is 0.922. The molecule has 0 amide bonds. The molecule has 0 fully saturated rings. The first-order valence-corrected chi connectivity index (χ1v) is 7.08. The summed E-state index contributed by atoms with van der Waals surface area (Å²) in [6.45, 7) is 3.97. The summed E-state index contributed by atoms with van der Waals surface area (Å²) in [7, 11) is -3.62. The normalized spacial score (nSPS) is 11.8. The molecule has 0 bridgehead atoms. The van der Waals surface area contributed by atoms with Crippen LogP contribution in [0.1, 0.15) is 18.9 Å². The number of benzene rings is 1. The van der Waals surface area contributed by atoms with E-state index in [1.165, 1.54) is 6.07 Å². The molecule has 0 aliphatic rings. The van der Waals surface area contributed by atoms with Crippen molar-refractivity contribution >= 4 is 33.2 Å². The van der Waals surface area contributed by atoms with Crippen molar-refractivity contribution in [2.75, 3.05) is 6.54 Å². The number of rotatable bonds is 4. The van der Waals surface area contributed by atoms with E-state index in [2.05, 4.69) is 4.72 Å². The summed E-state index contributed by atoms with van der Waals surface area (Å²) in [4.78, 5) is -0.0377. The van der Waals surface area contributed by atoms with Gasteiger partial charge in [-0.3, -0.25) is 0 Å². The molecule has 16 heavy (non-hydrogen) atoms. The molecule has 0 heterocycles. The van der Waals surface area contributed by atoms with Crippen molar-refractivity contribution in [1.82, 2.24) is 4.72 Å². The molecular weight excluding hydrogens is 269 g/mol. The molecule has 0 radical (unpaired) electrons. The van der Waals surface area contributed by atoms with E-state index in [4.69, 9.17) is 23.2 Å². The lowest BCUT2D eigenvalue weighted by Gasteiger charge is -2.10. The Hall–Kier alpha value is -0.290. The second kappa shape index (κ2) is 5.36. The maximum absolute atomic E-state index is 11.9. The molecule has 3 nitrogen and oxygen atoms in total. The Labute approximate surface area is 106 Å². The molecule has 0 aliphatic heterocycles. The monoisotopic (exact) mass is 281 g/mol. The van der Waals surface area contributed by atoms with Gasteiger partial charge in [0.1, 0.15) is 4.90 Å². The number of aryl methyl sites for hydroxylation is 1. The molecule has 90 valence electrons. The van der Waals surface area contributed by atoms with Crippen LogP contribution in [0, 0.1) is 6.92 Å². The predicted molar refractivity (Wildman–Crippen MR) is 66.7 cm³/mol. The van der Waals surface area contributed by atoms with Crippen LogP contribution in [0.2, 0.25) is 10.0 Å². The van der Waals surface area contributed by atoms with E-state index >= 15 is 0 Å². The third kappa shape index (κ3) is 2.88. The Morgan fingerprint density at radius 1 is 1.31 bits per heavy atom. The number of nitrogens with one attached hydrogen (secondary N) is 1. The van der Waals surface area contributed by atoms with Crippen LogP contribution in [0.3, 0.4) is 0 Å². The lowest BCUT2D eigenvalue weighted by Crippen LogP contribution is -2.25. The van der Waals surface area contributed by atoms with E-state index in [9.17, 15) is 8.42 Å². The Balaban J connectivity index is 3.27. The maximum Gasteiger partial charge on any atom is 0.243 e. The molecule has 0 atom stereocenters. The summed E-state index contributed by atoms with van der Waals surface area (Å²) < 4.78 is 26.2. The predicted octanol–water partition coefficient (Wildman–Crippen LogP) is 2.99. The molecule has 1 aromatic rings. The molecule has 1 N–H and O–H groups in total. The molecule has 0 aliphatic carbocycles. The van der Waals surface area contributed by atoms with E-state index in [0.29, 0.717) is 18.5 Å². The minimum absolute atomic E-state index is 0.0377. The summed E-state index contributed by atoms with van der Waals surface area (Å²) in [5.41, 5.74) is 0.683. The first-order chi connectivity index (χ1) is 7.40. The molecule has 0 spiro atoms. The van der Waals surface area contributed by atoms with E-state index in [1.807, 2.05) is 6.92 Å². The Morgan fingerprint density at radius 2 is 1.94 bits per heavy atom. The highest BCUT2D eigenvalue weighted by Crippen LogP contribution is 2.31. The average Bonchev–Trinajstić information content (AvgIpc) is 2.21. The van der Waals surface area contributed by atoms with Gasteiger partial charge in [0.25, 0.3) is 0 Å². The van der Waals surface area contributed by atoms with Crippen molar-refractivity contribution in [3.05, 3.63) is 27.7 Å². The molecule has 0 unspecified atom stereocenters. The van der Waals surface area contributed by atoms with Crippen LogP contribution >= 0.6 is 23.2 Å². The largest absolute Gasteiger partial charge is 0.243 e. The molecule has 1 aromatic carbocycles. The Kier molecular flexibility index (Phi) is 4.62. The maximum atomic E-state index is 11.9. The minimum atomic E-state index is -3.62. The highest BCUT2D eigenvalue weighted by atomic mass is 35.5. The first-order valence-electron chi connectivity index (χ1n) is 4.84. The van der Waals surface area contributed by atoms with Gasteiger partial charge in [0.05, 0.1) is 10.0 Å². The molecule has 1 rings (SSSR count). The molecular formula is C10H13Cl2NO2S. The summed E-state index contributed by atoms with van der Waals surface area (Å²) in [5.74, 6) is 0. The molecule has 6 heteroatoms. The lowest BCUT2D eigenvalue weighted by atomic mass is 10.2. The van der Waals surface area contributed by atoms with Crippen LogP contribution < -0.4 is 4.72 Å². The number of halogens is 2. The first kappa shape index (κ1) is 13.8. The van der Waals surface area contributed by atoms with Crippen LogP contribution in [-0.2, 0) is 10.0 Å². The van der Waals surface area contributed by atoms with Gasteiger partial charge in [-0.25, -0.2) is 13.1 Å².